The van der Waals surface area contributed by atoms with Crippen molar-refractivity contribution in [2.45, 2.75) is 44.7 Å². The maximum Gasteiger partial charge on any atom is 0.448 e. The van der Waals surface area contributed by atoms with E-state index in [1.54, 1.807) is 0 Å². The fourth-order valence-corrected chi connectivity index (χ4v) is 1.77. The van der Waals surface area contributed by atoms with Gasteiger partial charge in [-0.15, -0.1) is 0 Å². The topological polar surface area (TPSA) is 125 Å². The maximum atomic E-state index is 11.2. The Labute approximate surface area is 114 Å². The van der Waals surface area contributed by atoms with Crippen LogP contribution in [0.25, 0.3) is 0 Å². The summed E-state index contributed by atoms with van der Waals surface area (Å²) < 4.78 is 5.43. The van der Waals surface area contributed by atoms with Crippen LogP contribution in [0.15, 0.2) is 0 Å². The minimum absolute atomic E-state index is 0.421. The predicted octanol–water partition coefficient (Wildman–Crippen LogP) is -0.964. The summed E-state index contributed by atoms with van der Waals surface area (Å²) >= 11 is 0. The van der Waals surface area contributed by atoms with Crippen LogP contribution in [0.4, 0.5) is 0 Å². The molecule has 2 atom stereocenters. The van der Waals surface area contributed by atoms with Gasteiger partial charge in [0.15, 0.2) is 0 Å². The molecule has 0 amide bonds. The molecule has 2 unspecified atom stereocenters. The highest BCUT2D eigenvalue weighted by molar-refractivity contribution is 6.38. The van der Waals surface area contributed by atoms with Gasteiger partial charge in [0, 0.05) is 13.1 Å². The van der Waals surface area contributed by atoms with E-state index in [4.69, 9.17) is 20.5 Å². The molecule has 8 heteroatoms. The second-order valence-electron chi connectivity index (χ2n) is 4.64. The quantitative estimate of drug-likeness (QED) is 0.409. The van der Waals surface area contributed by atoms with Crippen molar-refractivity contribution in [3.63, 3.8) is 0 Å². The maximum absolute atomic E-state index is 11.2. The fourth-order valence-electron chi connectivity index (χ4n) is 1.77. The number of carboxylic acid groups (broad SMARTS) is 1. The van der Waals surface area contributed by atoms with Crippen molar-refractivity contribution in [3.8, 4) is 0 Å². The van der Waals surface area contributed by atoms with Gasteiger partial charge in [0.05, 0.1) is 12.7 Å². The van der Waals surface area contributed by atoms with Crippen molar-refractivity contribution >= 4 is 13.1 Å². The van der Waals surface area contributed by atoms with Gasteiger partial charge in [0.2, 0.25) is 0 Å². The lowest BCUT2D eigenvalue weighted by Gasteiger charge is -2.36. The lowest BCUT2D eigenvalue weighted by molar-refractivity contribution is -0.151. The van der Waals surface area contributed by atoms with E-state index in [0.717, 1.165) is 19.4 Å². The first-order chi connectivity index (χ1) is 8.84. The molecule has 0 aromatic carbocycles. The Hall–Kier alpha value is -0.665. The lowest BCUT2D eigenvalue weighted by atomic mass is 9.87. The molecule has 1 rings (SSSR count). The zero-order chi connectivity index (χ0) is 14.9. The Kier molecular flexibility index (Phi) is 8.95. The van der Waals surface area contributed by atoms with E-state index in [9.17, 15) is 9.90 Å². The molecule has 0 bridgehead atoms. The number of morpholine rings is 1. The molecule has 112 valence electrons. The number of carbonyl (C=O) groups is 1. The Morgan fingerprint density at radius 3 is 2.53 bits per heavy atom. The standard InChI is InChI=1S/C10H20N2O3.CH5BO2/c1-2-3-4-10(11,9(13)14)8-7-12-5-6-15-8;1-2(3)4/h8,12H,2-7,11H2,1H3,(H,13,14);3-4H,1H3. The first-order valence-electron chi connectivity index (χ1n) is 6.55. The van der Waals surface area contributed by atoms with Gasteiger partial charge in [0.25, 0.3) is 0 Å². The third kappa shape index (κ3) is 6.88. The Morgan fingerprint density at radius 1 is 1.58 bits per heavy atom. The van der Waals surface area contributed by atoms with Crippen LogP contribution >= 0.6 is 0 Å². The van der Waals surface area contributed by atoms with Gasteiger partial charge in [0.1, 0.15) is 5.54 Å². The summed E-state index contributed by atoms with van der Waals surface area (Å²) in [5, 5.41) is 27.5. The lowest BCUT2D eigenvalue weighted by Crippen LogP contribution is -2.63. The van der Waals surface area contributed by atoms with Gasteiger partial charge in [-0.05, 0) is 13.2 Å². The van der Waals surface area contributed by atoms with E-state index in [-0.39, 0.29) is 0 Å². The Balaban J connectivity index is 0.000000711. The molecule has 0 saturated carbocycles. The van der Waals surface area contributed by atoms with Crippen molar-refractivity contribution < 1.29 is 24.7 Å². The smallest absolute Gasteiger partial charge is 0.448 e. The van der Waals surface area contributed by atoms with Crippen molar-refractivity contribution in [1.82, 2.24) is 5.32 Å². The minimum atomic E-state index is -1.25. The minimum Gasteiger partial charge on any atom is -0.480 e. The van der Waals surface area contributed by atoms with Crippen molar-refractivity contribution in [3.05, 3.63) is 0 Å². The molecule has 6 N–H and O–H groups in total. The van der Waals surface area contributed by atoms with Crippen molar-refractivity contribution in [2.24, 2.45) is 5.73 Å². The summed E-state index contributed by atoms with van der Waals surface area (Å²) in [6, 6.07) is 0. The number of aliphatic carboxylic acids is 1. The number of carboxylic acids is 1. The number of unbranched alkanes of at least 4 members (excludes halogenated alkanes) is 1. The van der Waals surface area contributed by atoms with Crippen LogP contribution in [0.2, 0.25) is 6.82 Å². The first kappa shape index (κ1) is 18.3. The van der Waals surface area contributed by atoms with E-state index in [1.807, 2.05) is 6.92 Å². The van der Waals surface area contributed by atoms with Gasteiger partial charge in [-0.3, -0.25) is 4.79 Å². The zero-order valence-electron chi connectivity index (χ0n) is 11.6. The largest absolute Gasteiger partial charge is 0.480 e. The highest BCUT2D eigenvalue weighted by Gasteiger charge is 2.43. The molecule has 1 saturated heterocycles. The molecule has 1 heterocycles. The van der Waals surface area contributed by atoms with Crippen LogP contribution in [0.3, 0.4) is 0 Å². The zero-order valence-corrected chi connectivity index (χ0v) is 11.6. The molecular weight excluding hydrogens is 251 g/mol. The summed E-state index contributed by atoms with van der Waals surface area (Å²) in [5.74, 6) is -0.968. The predicted molar refractivity (Wildman–Crippen MR) is 72.7 cm³/mol. The van der Waals surface area contributed by atoms with Gasteiger partial charge in [-0.1, -0.05) is 19.8 Å². The molecule has 0 aliphatic carbocycles. The average Bonchev–Trinajstić information content (AvgIpc) is 2.36. The Morgan fingerprint density at radius 2 is 2.16 bits per heavy atom. The number of ether oxygens (including phenoxy) is 1. The van der Waals surface area contributed by atoms with Crippen LogP contribution in [0.1, 0.15) is 26.2 Å². The molecule has 0 aromatic rings. The van der Waals surface area contributed by atoms with E-state index < -0.39 is 24.7 Å². The summed E-state index contributed by atoms with van der Waals surface area (Å²) in [4.78, 5) is 11.2. The first-order valence-corrected chi connectivity index (χ1v) is 6.55. The highest BCUT2D eigenvalue weighted by Crippen LogP contribution is 2.20. The van der Waals surface area contributed by atoms with Gasteiger partial charge >= 0.3 is 13.1 Å². The summed E-state index contributed by atoms with van der Waals surface area (Å²) in [7, 11) is -1.17. The highest BCUT2D eigenvalue weighted by atomic mass is 16.5. The summed E-state index contributed by atoms with van der Waals surface area (Å²) in [6.45, 7) is 5.11. The summed E-state index contributed by atoms with van der Waals surface area (Å²) in [5.41, 5.74) is 4.69. The second-order valence-corrected chi connectivity index (χ2v) is 4.64. The normalized spacial score (nSPS) is 21.8. The monoisotopic (exact) mass is 276 g/mol. The second kappa shape index (κ2) is 9.27. The van der Waals surface area contributed by atoms with Crippen LogP contribution in [0, 0.1) is 0 Å². The molecule has 7 nitrogen and oxygen atoms in total. The van der Waals surface area contributed by atoms with E-state index in [1.165, 1.54) is 6.82 Å². The number of nitrogens with two attached hydrogens (primary N) is 1. The third-order valence-electron chi connectivity index (χ3n) is 2.84. The third-order valence-corrected chi connectivity index (χ3v) is 2.84. The molecule has 0 radical (unpaired) electrons. The number of rotatable bonds is 5. The number of hydrogen-bond donors (Lipinski definition) is 5. The van der Waals surface area contributed by atoms with Gasteiger partial charge in [-0.25, -0.2) is 0 Å². The van der Waals surface area contributed by atoms with Crippen LogP contribution in [-0.4, -0.2) is 59.6 Å². The van der Waals surface area contributed by atoms with Crippen LogP contribution in [-0.2, 0) is 9.53 Å². The van der Waals surface area contributed by atoms with Crippen LogP contribution < -0.4 is 11.1 Å². The molecule has 1 aliphatic heterocycles. The van der Waals surface area contributed by atoms with Crippen molar-refractivity contribution in [2.75, 3.05) is 19.7 Å². The summed E-state index contributed by atoms with van der Waals surface area (Å²) in [6.07, 6.45) is 1.79. The van der Waals surface area contributed by atoms with Crippen molar-refractivity contribution in [1.29, 1.82) is 0 Å². The van der Waals surface area contributed by atoms with E-state index in [2.05, 4.69) is 5.32 Å². The number of hydrogen-bond acceptors (Lipinski definition) is 6. The van der Waals surface area contributed by atoms with Crippen LogP contribution in [0.5, 0.6) is 0 Å². The van der Waals surface area contributed by atoms with Gasteiger partial charge < -0.3 is 30.9 Å². The fraction of sp³-hybridized carbons (Fsp3) is 0.909. The van der Waals surface area contributed by atoms with Gasteiger partial charge in [-0.2, -0.15) is 0 Å². The molecule has 19 heavy (non-hydrogen) atoms. The van der Waals surface area contributed by atoms with E-state index >= 15 is 0 Å². The SMILES string of the molecule is CB(O)O.CCCCC(N)(C(=O)O)C1CNCCO1. The molecule has 1 fully saturated rings. The molecule has 1 aliphatic rings. The Bertz CT molecular complexity index is 259. The molecule has 0 spiro atoms. The van der Waals surface area contributed by atoms with E-state index in [0.29, 0.717) is 19.6 Å². The number of nitrogens with one attached hydrogen (secondary N) is 1. The average molecular weight is 276 g/mol. The molecule has 0 aromatic heterocycles. The molecular formula is C11H25BN2O5.